The van der Waals surface area contributed by atoms with E-state index in [-0.39, 0.29) is 24.2 Å². The summed E-state index contributed by atoms with van der Waals surface area (Å²) in [6.07, 6.45) is 3.16. The molecule has 1 aromatic carbocycles. The van der Waals surface area contributed by atoms with Crippen LogP contribution in [0.15, 0.2) is 36.4 Å². The van der Waals surface area contributed by atoms with Gasteiger partial charge >= 0.3 is 5.97 Å². The second kappa shape index (κ2) is 6.77. The van der Waals surface area contributed by atoms with Crippen molar-refractivity contribution in [2.45, 2.75) is 32.2 Å². The number of para-hydroxylation sites is 1. The number of likely N-dealkylation sites (tertiary alicyclic amines) is 1. The van der Waals surface area contributed by atoms with Gasteiger partial charge in [0.25, 0.3) is 5.91 Å². The van der Waals surface area contributed by atoms with Crippen LogP contribution in [0.1, 0.15) is 36.7 Å². The molecule has 120 valence electrons. The molecule has 0 spiro atoms. The van der Waals surface area contributed by atoms with Gasteiger partial charge in [-0.1, -0.05) is 24.3 Å². The van der Waals surface area contributed by atoms with Gasteiger partial charge in [-0.3, -0.25) is 4.79 Å². The number of rotatable bonds is 3. The number of fused-ring (bicyclic) bond motifs is 1. The van der Waals surface area contributed by atoms with Crippen LogP contribution in [0.5, 0.6) is 0 Å². The Morgan fingerprint density at radius 3 is 2.87 bits per heavy atom. The van der Waals surface area contributed by atoms with Crippen LogP contribution in [0.3, 0.4) is 0 Å². The molecule has 1 aliphatic heterocycles. The summed E-state index contributed by atoms with van der Waals surface area (Å²) in [7, 11) is 0. The van der Waals surface area contributed by atoms with E-state index in [0.29, 0.717) is 0 Å². The van der Waals surface area contributed by atoms with Crippen molar-refractivity contribution in [1.29, 1.82) is 0 Å². The van der Waals surface area contributed by atoms with Crippen molar-refractivity contribution in [2.75, 3.05) is 13.2 Å². The van der Waals surface area contributed by atoms with Crippen LogP contribution >= 0.6 is 0 Å². The van der Waals surface area contributed by atoms with E-state index in [4.69, 9.17) is 4.74 Å². The van der Waals surface area contributed by atoms with E-state index in [9.17, 15) is 9.59 Å². The first kappa shape index (κ1) is 15.5. The average molecular weight is 312 g/mol. The van der Waals surface area contributed by atoms with Crippen LogP contribution in [0.4, 0.5) is 0 Å². The van der Waals surface area contributed by atoms with Crippen molar-refractivity contribution >= 4 is 22.8 Å². The van der Waals surface area contributed by atoms with E-state index in [2.05, 4.69) is 4.98 Å². The number of benzene rings is 1. The van der Waals surface area contributed by atoms with Gasteiger partial charge in [0.05, 0.1) is 5.52 Å². The molecule has 5 heteroatoms. The third kappa shape index (κ3) is 3.50. The van der Waals surface area contributed by atoms with Crippen LogP contribution in [0.25, 0.3) is 10.9 Å². The van der Waals surface area contributed by atoms with Gasteiger partial charge in [0.15, 0.2) is 6.61 Å². The third-order valence-electron chi connectivity index (χ3n) is 4.26. The standard InChI is InChI=1S/C18H20N2O3/c1-13-6-4-5-11-20(13)17(21)12-23-18(22)16-10-9-14-7-2-3-8-15(14)19-16/h2-3,7-10,13H,4-6,11-12H2,1H3/t13-/m0/s1. The fourth-order valence-corrected chi connectivity index (χ4v) is 2.93. The topological polar surface area (TPSA) is 59.5 Å². The number of nitrogens with zero attached hydrogens (tertiary/aromatic N) is 2. The maximum atomic E-state index is 12.2. The molecule has 1 aliphatic rings. The molecular formula is C18H20N2O3. The normalized spacial score (nSPS) is 18.0. The summed E-state index contributed by atoms with van der Waals surface area (Å²) in [5.74, 6) is -0.694. The predicted molar refractivity (Wildman–Crippen MR) is 87.1 cm³/mol. The lowest BCUT2D eigenvalue weighted by molar-refractivity contribution is -0.137. The zero-order chi connectivity index (χ0) is 16.2. The van der Waals surface area contributed by atoms with Gasteiger partial charge in [0.1, 0.15) is 5.69 Å². The number of pyridine rings is 1. The van der Waals surface area contributed by atoms with Gasteiger partial charge in [-0.2, -0.15) is 0 Å². The number of hydrogen-bond acceptors (Lipinski definition) is 4. The van der Waals surface area contributed by atoms with E-state index < -0.39 is 5.97 Å². The van der Waals surface area contributed by atoms with Crippen molar-refractivity contribution in [3.8, 4) is 0 Å². The van der Waals surface area contributed by atoms with Gasteiger partial charge in [-0.05, 0) is 38.3 Å². The quantitative estimate of drug-likeness (QED) is 0.818. The first-order valence-corrected chi connectivity index (χ1v) is 7.97. The molecule has 1 amide bonds. The van der Waals surface area contributed by atoms with Crippen LogP contribution < -0.4 is 0 Å². The Morgan fingerprint density at radius 1 is 1.22 bits per heavy atom. The minimum absolute atomic E-state index is 0.133. The first-order chi connectivity index (χ1) is 11.1. The van der Waals surface area contributed by atoms with Gasteiger partial charge in [-0.15, -0.1) is 0 Å². The molecule has 5 nitrogen and oxygen atoms in total. The van der Waals surface area contributed by atoms with Crippen LogP contribution in [0, 0.1) is 0 Å². The molecule has 2 heterocycles. The lowest BCUT2D eigenvalue weighted by Gasteiger charge is -2.33. The maximum Gasteiger partial charge on any atom is 0.357 e. The molecule has 0 bridgehead atoms. The van der Waals surface area contributed by atoms with Crippen molar-refractivity contribution in [3.63, 3.8) is 0 Å². The summed E-state index contributed by atoms with van der Waals surface area (Å²) in [6, 6.07) is 11.2. The smallest absolute Gasteiger partial charge is 0.357 e. The van der Waals surface area contributed by atoms with Gasteiger partial charge < -0.3 is 9.64 Å². The Kier molecular flexibility index (Phi) is 4.55. The molecule has 0 radical (unpaired) electrons. The number of carbonyl (C=O) groups is 2. The highest BCUT2D eigenvalue weighted by Crippen LogP contribution is 2.17. The minimum atomic E-state index is -0.561. The van der Waals surface area contributed by atoms with Gasteiger partial charge in [-0.25, -0.2) is 9.78 Å². The predicted octanol–water partition coefficient (Wildman–Crippen LogP) is 2.79. The van der Waals surface area contributed by atoms with E-state index in [1.165, 1.54) is 0 Å². The molecule has 23 heavy (non-hydrogen) atoms. The molecule has 0 saturated carbocycles. The highest BCUT2D eigenvalue weighted by Gasteiger charge is 2.24. The summed E-state index contributed by atoms with van der Waals surface area (Å²) in [4.78, 5) is 30.4. The number of piperidine rings is 1. The summed E-state index contributed by atoms with van der Waals surface area (Å²) >= 11 is 0. The highest BCUT2D eigenvalue weighted by atomic mass is 16.5. The van der Waals surface area contributed by atoms with Crippen LogP contribution in [-0.4, -0.2) is 41.0 Å². The molecule has 0 N–H and O–H groups in total. The molecule has 2 aromatic rings. The maximum absolute atomic E-state index is 12.2. The number of carbonyl (C=O) groups excluding carboxylic acids is 2. The van der Waals surface area contributed by atoms with Crippen LogP contribution in [0.2, 0.25) is 0 Å². The summed E-state index contributed by atoms with van der Waals surface area (Å²) in [5, 5.41) is 0.960. The number of aromatic nitrogens is 1. The molecule has 3 rings (SSSR count). The Balaban J connectivity index is 1.62. The largest absolute Gasteiger partial charge is 0.451 e. The summed E-state index contributed by atoms with van der Waals surface area (Å²) in [6.45, 7) is 2.55. The van der Waals surface area contributed by atoms with E-state index >= 15 is 0 Å². The SMILES string of the molecule is C[C@H]1CCCCN1C(=O)COC(=O)c1ccc2ccccc2n1. The number of amides is 1. The van der Waals surface area contributed by atoms with E-state index in [0.717, 1.165) is 36.7 Å². The molecule has 1 saturated heterocycles. The highest BCUT2D eigenvalue weighted by molar-refractivity contribution is 5.92. The second-order valence-electron chi connectivity index (χ2n) is 5.90. The zero-order valence-corrected chi connectivity index (χ0v) is 13.2. The zero-order valence-electron chi connectivity index (χ0n) is 13.2. The summed E-state index contributed by atoms with van der Waals surface area (Å²) < 4.78 is 5.15. The molecule has 1 fully saturated rings. The average Bonchev–Trinajstić information content (AvgIpc) is 2.59. The monoisotopic (exact) mass is 312 g/mol. The third-order valence-corrected chi connectivity index (χ3v) is 4.26. The van der Waals surface area contributed by atoms with E-state index in [1.54, 1.807) is 11.0 Å². The molecule has 0 unspecified atom stereocenters. The van der Waals surface area contributed by atoms with Crippen molar-refractivity contribution in [3.05, 3.63) is 42.1 Å². The van der Waals surface area contributed by atoms with Crippen molar-refractivity contribution < 1.29 is 14.3 Å². The number of ether oxygens (including phenoxy) is 1. The van der Waals surface area contributed by atoms with Gasteiger partial charge in [0.2, 0.25) is 0 Å². The number of esters is 1. The van der Waals surface area contributed by atoms with Gasteiger partial charge in [0, 0.05) is 18.0 Å². The Labute approximate surface area is 135 Å². The molecule has 1 atom stereocenters. The van der Waals surface area contributed by atoms with E-state index in [1.807, 2.05) is 37.3 Å². The Bertz CT molecular complexity index is 729. The second-order valence-corrected chi connectivity index (χ2v) is 5.90. The molecular weight excluding hydrogens is 292 g/mol. The number of hydrogen-bond donors (Lipinski definition) is 0. The first-order valence-electron chi connectivity index (χ1n) is 7.97. The lowest BCUT2D eigenvalue weighted by Crippen LogP contribution is -2.44. The molecule has 1 aromatic heterocycles. The molecule has 0 aliphatic carbocycles. The fraction of sp³-hybridized carbons (Fsp3) is 0.389. The Hall–Kier alpha value is -2.43. The summed E-state index contributed by atoms with van der Waals surface area (Å²) in [5.41, 5.74) is 0.959. The minimum Gasteiger partial charge on any atom is -0.451 e. The lowest BCUT2D eigenvalue weighted by atomic mass is 10.0. The van der Waals surface area contributed by atoms with Crippen LogP contribution in [-0.2, 0) is 9.53 Å². The van der Waals surface area contributed by atoms with Crippen molar-refractivity contribution in [2.24, 2.45) is 0 Å². The Morgan fingerprint density at radius 2 is 2.04 bits per heavy atom. The fourth-order valence-electron chi connectivity index (χ4n) is 2.93. The van der Waals surface area contributed by atoms with Crippen molar-refractivity contribution in [1.82, 2.24) is 9.88 Å².